The van der Waals surface area contributed by atoms with Crippen LogP contribution in [0.2, 0.25) is 0 Å². The number of amides is 1. The molecule has 0 radical (unpaired) electrons. The SMILES string of the molecule is CC(NC(=O)C1CCCC(N)C1)c1ccc(-n2cccn2)cc1.Cl. The Balaban J connectivity index is 0.00000208. The third-order valence-electron chi connectivity index (χ3n) is 4.61. The minimum absolute atomic E-state index is 0. The summed E-state index contributed by atoms with van der Waals surface area (Å²) in [7, 11) is 0. The van der Waals surface area contributed by atoms with Crippen LogP contribution in [0.5, 0.6) is 0 Å². The predicted molar refractivity (Wildman–Crippen MR) is 97.3 cm³/mol. The van der Waals surface area contributed by atoms with Gasteiger partial charge in [0, 0.05) is 24.4 Å². The highest BCUT2D eigenvalue weighted by Crippen LogP contribution is 2.24. The second-order valence-corrected chi connectivity index (χ2v) is 6.40. The molecule has 6 heteroatoms. The van der Waals surface area contributed by atoms with Crippen molar-refractivity contribution in [2.24, 2.45) is 11.7 Å². The number of hydrogen-bond donors (Lipinski definition) is 2. The van der Waals surface area contributed by atoms with Crippen LogP contribution in [-0.2, 0) is 4.79 Å². The predicted octanol–water partition coefficient (Wildman–Crippen LogP) is 2.99. The molecule has 1 saturated carbocycles. The van der Waals surface area contributed by atoms with E-state index >= 15 is 0 Å². The molecule has 2 aromatic rings. The van der Waals surface area contributed by atoms with Gasteiger partial charge in [0.2, 0.25) is 5.91 Å². The molecular formula is C18H25ClN4O. The average molecular weight is 349 g/mol. The summed E-state index contributed by atoms with van der Waals surface area (Å²) in [5.74, 6) is 0.188. The van der Waals surface area contributed by atoms with E-state index in [2.05, 4.69) is 10.4 Å². The maximum atomic E-state index is 12.4. The van der Waals surface area contributed by atoms with Crippen LogP contribution < -0.4 is 11.1 Å². The van der Waals surface area contributed by atoms with E-state index in [4.69, 9.17) is 5.73 Å². The van der Waals surface area contributed by atoms with Crippen LogP contribution in [0.1, 0.15) is 44.2 Å². The molecule has 1 aromatic carbocycles. The van der Waals surface area contributed by atoms with Crippen LogP contribution in [0.3, 0.4) is 0 Å². The molecule has 3 atom stereocenters. The van der Waals surface area contributed by atoms with Crippen LogP contribution in [0.25, 0.3) is 5.69 Å². The van der Waals surface area contributed by atoms with E-state index < -0.39 is 0 Å². The molecule has 3 unspecified atom stereocenters. The van der Waals surface area contributed by atoms with Gasteiger partial charge >= 0.3 is 0 Å². The lowest BCUT2D eigenvalue weighted by Crippen LogP contribution is -2.38. The van der Waals surface area contributed by atoms with Gasteiger partial charge in [0.15, 0.2) is 0 Å². The first-order valence-corrected chi connectivity index (χ1v) is 8.29. The van der Waals surface area contributed by atoms with Gasteiger partial charge in [-0.15, -0.1) is 12.4 Å². The van der Waals surface area contributed by atoms with E-state index in [1.54, 1.807) is 6.20 Å². The number of hydrogen-bond acceptors (Lipinski definition) is 3. The number of halogens is 1. The first-order valence-electron chi connectivity index (χ1n) is 8.29. The van der Waals surface area contributed by atoms with Gasteiger partial charge in [0.1, 0.15) is 0 Å². The Bertz CT molecular complexity index is 642. The summed E-state index contributed by atoms with van der Waals surface area (Å²) in [6.07, 6.45) is 7.50. The van der Waals surface area contributed by atoms with Crippen molar-refractivity contribution in [1.82, 2.24) is 15.1 Å². The smallest absolute Gasteiger partial charge is 0.223 e. The standard InChI is InChI=1S/C18H24N4O.ClH/c1-13(21-18(23)15-4-2-5-16(19)12-15)14-6-8-17(9-7-14)22-11-3-10-20-22;/h3,6-11,13,15-16H,2,4-5,12,19H2,1H3,(H,21,23);1H. The van der Waals surface area contributed by atoms with Crippen molar-refractivity contribution in [2.75, 3.05) is 0 Å². The zero-order valence-corrected chi connectivity index (χ0v) is 14.7. The summed E-state index contributed by atoms with van der Waals surface area (Å²) >= 11 is 0. The van der Waals surface area contributed by atoms with Crippen molar-refractivity contribution >= 4 is 18.3 Å². The van der Waals surface area contributed by atoms with Crippen molar-refractivity contribution in [3.63, 3.8) is 0 Å². The van der Waals surface area contributed by atoms with Crippen molar-refractivity contribution in [1.29, 1.82) is 0 Å². The normalized spacial score (nSPS) is 21.6. The topological polar surface area (TPSA) is 72.9 Å². The number of aromatic nitrogens is 2. The van der Waals surface area contributed by atoms with Gasteiger partial charge in [-0.05, 0) is 49.9 Å². The first-order chi connectivity index (χ1) is 11.1. The summed E-state index contributed by atoms with van der Waals surface area (Å²) in [6, 6.07) is 10.2. The number of carbonyl (C=O) groups is 1. The molecule has 0 spiro atoms. The van der Waals surface area contributed by atoms with E-state index in [9.17, 15) is 4.79 Å². The molecule has 1 heterocycles. The quantitative estimate of drug-likeness (QED) is 0.892. The van der Waals surface area contributed by atoms with Crippen molar-refractivity contribution in [2.45, 2.75) is 44.7 Å². The van der Waals surface area contributed by atoms with Gasteiger partial charge in [-0.1, -0.05) is 18.6 Å². The van der Waals surface area contributed by atoms with Gasteiger partial charge in [-0.25, -0.2) is 4.68 Å². The summed E-state index contributed by atoms with van der Waals surface area (Å²) in [6.45, 7) is 2.02. The first kappa shape index (κ1) is 18.5. The Morgan fingerprint density at radius 2 is 2.08 bits per heavy atom. The molecule has 1 aliphatic carbocycles. The van der Waals surface area contributed by atoms with Crippen molar-refractivity contribution in [3.8, 4) is 5.69 Å². The number of carbonyl (C=O) groups excluding carboxylic acids is 1. The molecular weight excluding hydrogens is 324 g/mol. The highest BCUT2D eigenvalue weighted by atomic mass is 35.5. The average Bonchev–Trinajstić information content (AvgIpc) is 3.09. The lowest BCUT2D eigenvalue weighted by molar-refractivity contribution is -0.126. The Labute approximate surface area is 149 Å². The molecule has 3 N–H and O–H groups in total. The minimum Gasteiger partial charge on any atom is -0.349 e. The molecule has 24 heavy (non-hydrogen) atoms. The molecule has 0 bridgehead atoms. The molecule has 1 aromatic heterocycles. The monoisotopic (exact) mass is 348 g/mol. The van der Waals surface area contributed by atoms with Crippen LogP contribution in [0.15, 0.2) is 42.7 Å². The molecule has 5 nitrogen and oxygen atoms in total. The Kier molecular flexibility index (Phi) is 6.40. The van der Waals surface area contributed by atoms with Gasteiger partial charge in [-0.3, -0.25) is 4.79 Å². The molecule has 0 aliphatic heterocycles. The van der Waals surface area contributed by atoms with Gasteiger partial charge < -0.3 is 11.1 Å². The Hall–Kier alpha value is -1.85. The minimum atomic E-state index is -0.00711. The third kappa shape index (κ3) is 4.36. The second-order valence-electron chi connectivity index (χ2n) is 6.40. The van der Waals surface area contributed by atoms with Gasteiger partial charge in [-0.2, -0.15) is 5.10 Å². The Morgan fingerprint density at radius 3 is 2.71 bits per heavy atom. The van der Waals surface area contributed by atoms with Gasteiger partial charge in [0.25, 0.3) is 0 Å². The van der Waals surface area contributed by atoms with Crippen LogP contribution in [-0.4, -0.2) is 21.7 Å². The molecule has 1 aliphatic rings. The second kappa shape index (κ2) is 8.31. The number of rotatable bonds is 4. The van der Waals surface area contributed by atoms with E-state index in [0.717, 1.165) is 36.9 Å². The molecule has 1 amide bonds. The number of nitrogens with two attached hydrogens (primary N) is 1. The Morgan fingerprint density at radius 1 is 1.33 bits per heavy atom. The number of benzene rings is 1. The maximum absolute atomic E-state index is 12.4. The van der Waals surface area contributed by atoms with Crippen LogP contribution in [0, 0.1) is 5.92 Å². The summed E-state index contributed by atoms with van der Waals surface area (Å²) < 4.78 is 1.82. The largest absolute Gasteiger partial charge is 0.349 e. The van der Waals surface area contributed by atoms with E-state index in [1.807, 2.05) is 48.1 Å². The van der Waals surface area contributed by atoms with Crippen molar-refractivity contribution < 1.29 is 4.79 Å². The van der Waals surface area contributed by atoms with Crippen molar-refractivity contribution in [3.05, 3.63) is 48.3 Å². The summed E-state index contributed by atoms with van der Waals surface area (Å²) in [4.78, 5) is 12.4. The lowest BCUT2D eigenvalue weighted by Gasteiger charge is -2.27. The zero-order valence-electron chi connectivity index (χ0n) is 13.9. The molecule has 0 saturated heterocycles. The molecule has 130 valence electrons. The van der Waals surface area contributed by atoms with E-state index in [1.165, 1.54) is 0 Å². The number of nitrogens with one attached hydrogen (secondary N) is 1. The third-order valence-corrected chi connectivity index (χ3v) is 4.61. The molecule has 1 fully saturated rings. The fourth-order valence-corrected chi connectivity index (χ4v) is 3.22. The highest BCUT2D eigenvalue weighted by Gasteiger charge is 2.26. The number of nitrogens with zero attached hydrogens (tertiary/aromatic N) is 2. The maximum Gasteiger partial charge on any atom is 0.223 e. The fraction of sp³-hybridized carbons (Fsp3) is 0.444. The summed E-state index contributed by atoms with van der Waals surface area (Å²) in [5.41, 5.74) is 8.08. The van der Waals surface area contributed by atoms with Gasteiger partial charge in [0.05, 0.1) is 11.7 Å². The molecule has 3 rings (SSSR count). The van der Waals surface area contributed by atoms with Crippen LogP contribution >= 0.6 is 12.4 Å². The highest BCUT2D eigenvalue weighted by molar-refractivity contribution is 5.85. The fourth-order valence-electron chi connectivity index (χ4n) is 3.22. The lowest BCUT2D eigenvalue weighted by atomic mass is 9.85. The van der Waals surface area contributed by atoms with Crippen LogP contribution in [0.4, 0.5) is 0 Å². The zero-order chi connectivity index (χ0) is 16.2. The van der Waals surface area contributed by atoms with E-state index in [0.29, 0.717) is 0 Å². The van der Waals surface area contributed by atoms with E-state index in [-0.39, 0.29) is 36.3 Å². The summed E-state index contributed by atoms with van der Waals surface area (Å²) in [5, 5.41) is 7.34.